The zero-order valence-corrected chi connectivity index (χ0v) is 19.4. The molecule has 10 heteroatoms. The average molecular weight is 474 g/mol. The fourth-order valence-electron chi connectivity index (χ4n) is 3.41. The van der Waals surface area contributed by atoms with Gasteiger partial charge >= 0.3 is 0 Å². The molecule has 4 rings (SSSR count). The summed E-state index contributed by atoms with van der Waals surface area (Å²) >= 11 is 1.13. The lowest BCUT2D eigenvalue weighted by molar-refractivity contribution is 0.0730. The Balaban J connectivity index is 1.53. The number of ketones is 1. The van der Waals surface area contributed by atoms with Crippen LogP contribution in [0.25, 0.3) is 11.5 Å². The summed E-state index contributed by atoms with van der Waals surface area (Å²) in [5, 5.41) is 8.24. The third kappa shape index (κ3) is 4.78. The SMILES string of the molecule is Cc1ccc(C)c(C(=O)CSc2nnc(-c3ccccc3S(=O)(=O)N3CCOCC3)o2)c1. The maximum Gasteiger partial charge on any atom is 0.277 e. The smallest absolute Gasteiger partial charge is 0.277 e. The van der Waals surface area contributed by atoms with E-state index in [2.05, 4.69) is 10.2 Å². The number of benzene rings is 2. The molecule has 1 aliphatic heterocycles. The lowest BCUT2D eigenvalue weighted by Gasteiger charge is -2.26. The number of carbonyl (C=O) groups is 1. The minimum Gasteiger partial charge on any atom is -0.411 e. The largest absolute Gasteiger partial charge is 0.411 e. The quantitative estimate of drug-likeness (QED) is 0.380. The van der Waals surface area contributed by atoms with E-state index in [0.717, 1.165) is 22.9 Å². The summed E-state index contributed by atoms with van der Waals surface area (Å²) in [6.07, 6.45) is 0. The van der Waals surface area contributed by atoms with Crippen molar-refractivity contribution in [3.05, 3.63) is 59.2 Å². The van der Waals surface area contributed by atoms with Gasteiger partial charge in [-0.1, -0.05) is 41.6 Å². The topological polar surface area (TPSA) is 103 Å². The van der Waals surface area contributed by atoms with Crippen LogP contribution in [0.2, 0.25) is 0 Å². The second kappa shape index (κ2) is 9.53. The summed E-state index contributed by atoms with van der Waals surface area (Å²) < 4.78 is 38.7. The minimum absolute atomic E-state index is 0.0359. The number of aryl methyl sites for hydroxylation is 2. The molecular formula is C22H23N3O5S2. The fraction of sp³-hybridized carbons (Fsp3) is 0.318. The van der Waals surface area contributed by atoms with Crippen LogP contribution in [0.15, 0.2) is 57.0 Å². The molecule has 0 amide bonds. The molecule has 2 heterocycles. The first kappa shape index (κ1) is 22.7. The normalized spacial score (nSPS) is 15.1. The van der Waals surface area contributed by atoms with Gasteiger partial charge in [0.15, 0.2) is 5.78 Å². The van der Waals surface area contributed by atoms with Crippen molar-refractivity contribution in [2.24, 2.45) is 0 Å². The van der Waals surface area contributed by atoms with Gasteiger partial charge in [-0.3, -0.25) is 4.79 Å². The highest BCUT2D eigenvalue weighted by Crippen LogP contribution is 2.31. The van der Waals surface area contributed by atoms with E-state index in [4.69, 9.17) is 9.15 Å². The van der Waals surface area contributed by atoms with Crippen molar-refractivity contribution >= 4 is 27.6 Å². The van der Waals surface area contributed by atoms with Gasteiger partial charge in [-0.2, -0.15) is 4.31 Å². The Kier molecular flexibility index (Phi) is 6.75. The molecule has 32 heavy (non-hydrogen) atoms. The van der Waals surface area contributed by atoms with Gasteiger partial charge in [-0.15, -0.1) is 10.2 Å². The highest BCUT2D eigenvalue weighted by molar-refractivity contribution is 7.99. The number of rotatable bonds is 7. The zero-order valence-electron chi connectivity index (χ0n) is 17.8. The summed E-state index contributed by atoms with van der Waals surface area (Å²) in [6.45, 7) is 5.14. The van der Waals surface area contributed by atoms with E-state index >= 15 is 0 Å². The Hall–Kier alpha value is -2.53. The number of carbonyl (C=O) groups excluding carboxylic acids is 1. The second-order valence-electron chi connectivity index (χ2n) is 7.42. The van der Waals surface area contributed by atoms with Gasteiger partial charge in [0.1, 0.15) is 0 Å². The van der Waals surface area contributed by atoms with Crippen molar-refractivity contribution in [2.45, 2.75) is 24.0 Å². The van der Waals surface area contributed by atoms with E-state index in [1.807, 2.05) is 32.0 Å². The molecule has 1 fully saturated rings. The molecule has 1 aliphatic rings. The lowest BCUT2D eigenvalue weighted by Crippen LogP contribution is -2.40. The number of hydrogen-bond donors (Lipinski definition) is 0. The number of ether oxygens (including phenoxy) is 1. The summed E-state index contributed by atoms with van der Waals surface area (Å²) in [6, 6.07) is 12.3. The number of thioether (sulfide) groups is 1. The van der Waals surface area contributed by atoms with Crippen LogP contribution in [0.5, 0.6) is 0 Å². The highest BCUT2D eigenvalue weighted by Gasteiger charge is 2.30. The third-order valence-corrected chi connectivity index (χ3v) is 7.91. The molecule has 1 aromatic heterocycles. The Bertz CT molecular complexity index is 1230. The van der Waals surface area contributed by atoms with Crippen molar-refractivity contribution in [1.29, 1.82) is 0 Å². The van der Waals surface area contributed by atoms with Gasteiger partial charge < -0.3 is 9.15 Å². The second-order valence-corrected chi connectivity index (χ2v) is 10.2. The molecule has 1 saturated heterocycles. The summed E-state index contributed by atoms with van der Waals surface area (Å²) in [4.78, 5) is 12.7. The van der Waals surface area contributed by atoms with E-state index in [9.17, 15) is 13.2 Å². The summed E-state index contributed by atoms with van der Waals surface area (Å²) in [5.41, 5.74) is 2.93. The van der Waals surface area contributed by atoms with Crippen LogP contribution in [0, 0.1) is 13.8 Å². The van der Waals surface area contributed by atoms with Crippen molar-refractivity contribution < 1.29 is 22.4 Å². The zero-order chi connectivity index (χ0) is 22.7. The molecule has 168 valence electrons. The molecule has 0 atom stereocenters. The van der Waals surface area contributed by atoms with Gasteiger partial charge in [0.2, 0.25) is 15.9 Å². The number of sulfonamides is 1. The van der Waals surface area contributed by atoms with E-state index in [0.29, 0.717) is 37.4 Å². The number of hydrogen-bond acceptors (Lipinski definition) is 8. The van der Waals surface area contributed by atoms with Crippen LogP contribution in [0.3, 0.4) is 0 Å². The van der Waals surface area contributed by atoms with E-state index in [1.54, 1.807) is 18.2 Å². The van der Waals surface area contributed by atoms with Crippen LogP contribution in [-0.4, -0.2) is 60.8 Å². The fourth-order valence-corrected chi connectivity index (χ4v) is 5.65. The molecule has 0 saturated carbocycles. The predicted octanol–water partition coefficient (Wildman–Crippen LogP) is 3.35. The molecule has 0 radical (unpaired) electrons. The first-order valence-corrected chi connectivity index (χ1v) is 12.5. The van der Waals surface area contributed by atoms with Crippen LogP contribution >= 0.6 is 11.8 Å². The number of aromatic nitrogens is 2. The van der Waals surface area contributed by atoms with Gasteiger partial charge in [-0.25, -0.2) is 8.42 Å². The van der Waals surface area contributed by atoms with Gasteiger partial charge in [0, 0.05) is 18.7 Å². The van der Waals surface area contributed by atoms with Crippen molar-refractivity contribution in [3.63, 3.8) is 0 Å². The Morgan fingerprint density at radius 2 is 1.84 bits per heavy atom. The molecule has 0 aliphatic carbocycles. The Labute approximate surface area is 191 Å². The molecule has 0 unspecified atom stereocenters. The standard InChI is InChI=1S/C22H23N3O5S2/c1-15-7-8-16(2)18(13-15)19(26)14-31-22-24-23-21(30-22)17-5-3-4-6-20(17)32(27,28)25-9-11-29-12-10-25/h3-8,13H,9-12,14H2,1-2H3. The number of morpholine rings is 1. The molecule has 3 aromatic rings. The maximum atomic E-state index is 13.2. The number of Topliss-reactive ketones (excluding diaryl/α,β-unsaturated/α-hetero) is 1. The first-order chi connectivity index (χ1) is 15.4. The highest BCUT2D eigenvalue weighted by atomic mass is 32.2. The predicted molar refractivity (Wildman–Crippen MR) is 120 cm³/mol. The molecule has 8 nitrogen and oxygen atoms in total. The van der Waals surface area contributed by atoms with Crippen molar-refractivity contribution in [1.82, 2.24) is 14.5 Å². The van der Waals surface area contributed by atoms with E-state index in [-0.39, 0.29) is 27.5 Å². The summed E-state index contributed by atoms with van der Waals surface area (Å²) in [7, 11) is -3.74. The molecule has 0 spiro atoms. The Morgan fingerprint density at radius 1 is 1.09 bits per heavy atom. The monoisotopic (exact) mass is 473 g/mol. The number of nitrogens with zero attached hydrogens (tertiary/aromatic N) is 3. The van der Waals surface area contributed by atoms with E-state index < -0.39 is 10.0 Å². The molecular weight excluding hydrogens is 450 g/mol. The minimum atomic E-state index is -3.74. The molecule has 2 aromatic carbocycles. The first-order valence-electron chi connectivity index (χ1n) is 10.1. The van der Waals surface area contributed by atoms with E-state index in [1.165, 1.54) is 10.4 Å². The van der Waals surface area contributed by atoms with Gasteiger partial charge in [0.25, 0.3) is 5.22 Å². The Morgan fingerprint density at radius 3 is 2.62 bits per heavy atom. The van der Waals surface area contributed by atoms with Gasteiger partial charge in [-0.05, 0) is 37.6 Å². The van der Waals surface area contributed by atoms with Crippen LogP contribution in [0.4, 0.5) is 0 Å². The molecule has 0 N–H and O–H groups in total. The van der Waals surface area contributed by atoms with Crippen LogP contribution in [-0.2, 0) is 14.8 Å². The third-order valence-electron chi connectivity index (χ3n) is 5.13. The van der Waals surface area contributed by atoms with Crippen molar-refractivity contribution in [2.75, 3.05) is 32.1 Å². The van der Waals surface area contributed by atoms with Crippen LogP contribution in [0.1, 0.15) is 21.5 Å². The van der Waals surface area contributed by atoms with Crippen molar-refractivity contribution in [3.8, 4) is 11.5 Å². The summed E-state index contributed by atoms with van der Waals surface area (Å²) in [5.74, 6) is 0.199. The average Bonchev–Trinajstić information content (AvgIpc) is 3.28. The molecule has 0 bridgehead atoms. The lowest BCUT2D eigenvalue weighted by atomic mass is 10.0. The maximum absolute atomic E-state index is 13.2. The van der Waals surface area contributed by atoms with Crippen LogP contribution < -0.4 is 0 Å². The van der Waals surface area contributed by atoms with Gasteiger partial charge in [0.05, 0.1) is 29.4 Å².